The molecule has 0 spiro atoms. The SMILES string of the molecule is CCCCCCc1c(-c2ccc(-c3ccc(-c4ccc5c(c4)C(CCCCCC)(CCCCCC)c4cc(C)ccc4-5)s3)s2)sc(-c2ccc(-c3ccc(C(C)CC)s3)s2)c1CCCCCC. The van der Waals surface area contributed by atoms with Crippen LogP contribution in [0.25, 0.3) is 60.6 Å². The summed E-state index contributed by atoms with van der Waals surface area (Å²) in [5.74, 6) is 0.622. The monoisotopic (exact) mass is 982 g/mol. The summed E-state index contributed by atoms with van der Waals surface area (Å²) in [4.78, 5) is 14.6. The van der Waals surface area contributed by atoms with Crippen LogP contribution < -0.4 is 0 Å². The Labute approximate surface area is 426 Å². The lowest BCUT2D eigenvalue weighted by atomic mass is 9.70. The molecule has 7 aromatic rings. The molecule has 0 amide bonds. The maximum absolute atomic E-state index is 2.64. The predicted octanol–water partition coefficient (Wildman–Crippen LogP) is 22.6. The van der Waals surface area contributed by atoms with Crippen molar-refractivity contribution >= 4 is 56.7 Å². The Kier molecular flexibility index (Phi) is 18.2. The zero-order valence-electron chi connectivity index (χ0n) is 42.1. The van der Waals surface area contributed by atoms with Gasteiger partial charge in [0.05, 0.1) is 0 Å². The molecule has 0 saturated heterocycles. The third-order valence-corrected chi connectivity index (χ3v) is 21.5. The molecule has 0 radical (unpaired) electrons. The lowest BCUT2D eigenvalue weighted by Crippen LogP contribution is -2.25. The van der Waals surface area contributed by atoms with Gasteiger partial charge in [0.2, 0.25) is 0 Å². The Balaban J connectivity index is 1.13. The summed E-state index contributed by atoms with van der Waals surface area (Å²) in [5.41, 5.74) is 12.4. The lowest BCUT2D eigenvalue weighted by Gasteiger charge is -2.33. The fraction of sp³-hybridized carbons (Fsp3) is 0.484. The zero-order chi connectivity index (χ0) is 46.8. The second-order valence-electron chi connectivity index (χ2n) is 19.9. The minimum atomic E-state index is 0.102. The average Bonchev–Trinajstić information content (AvgIpc) is 4.22. The Morgan fingerprint density at radius 2 is 0.866 bits per heavy atom. The van der Waals surface area contributed by atoms with Crippen LogP contribution >= 0.6 is 56.7 Å². The minimum absolute atomic E-state index is 0.102. The number of hydrogen-bond acceptors (Lipinski definition) is 5. The lowest BCUT2D eigenvalue weighted by molar-refractivity contribution is 0.401. The van der Waals surface area contributed by atoms with E-state index in [9.17, 15) is 0 Å². The Morgan fingerprint density at radius 3 is 1.40 bits per heavy atom. The molecule has 5 heterocycles. The van der Waals surface area contributed by atoms with Crippen LogP contribution in [0.1, 0.15) is 202 Å². The summed E-state index contributed by atoms with van der Waals surface area (Å²) in [5, 5.41) is 0. The Bertz CT molecular complexity index is 2620. The standard InChI is InChI=1S/C62H78S5/c1-8-13-17-21-25-48-49(26-22-18-14-9-2)61(67-60(48)58-37-35-56(65-58)54-33-31-52(63-54)44(7)12-5)59-38-36-57(66-59)55-34-32-53(64-55)45-28-30-47-46-29-27-43(6)41-50(46)62(51(47)42-45,39-23-19-15-10-3)40-24-20-16-11-4/h27-38,41-42,44H,8-26,39-40H2,1-7H3. The highest BCUT2D eigenvalue weighted by atomic mass is 32.1. The Hall–Kier alpha value is -3.06. The van der Waals surface area contributed by atoms with Gasteiger partial charge in [0.1, 0.15) is 0 Å². The van der Waals surface area contributed by atoms with Crippen LogP contribution in [0, 0.1) is 6.92 Å². The molecule has 5 heteroatoms. The summed E-state index contributed by atoms with van der Waals surface area (Å²) in [7, 11) is 0. The largest absolute Gasteiger partial charge is 0.139 e. The van der Waals surface area contributed by atoms with Crippen LogP contribution in [0.4, 0.5) is 0 Å². The van der Waals surface area contributed by atoms with Crippen LogP contribution in [0.15, 0.2) is 84.9 Å². The van der Waals surface area contributed by atoms with Crippen molar-refractivity contribution in [3.8, 4) is 60.6 Å². The number of hydrogen-bond donors (Lipinski definition) is 0. The Morgan fingerprint density at radius 1 is 0.418 bits per heavy atom. The van der Waals surface area contributed by atoms with Crippen molar-refractivity contribution in [2.24, 2.45) is 0 Å². The molecule has 0 bridgehead atoms. The van der Waals surface area contributed by atoms with E-state index in [2.05, 4.69) is 145 Å². The third kappa shape index (κ3) is 11.4. The molecular formula is C62H78S5. The fourth-order valence-electron chi connectivity index (χ4n) is 10.8. The van der Waals surface area contributed by atoms with Gasteiger partial charge in [-0.05, 0) is 151 Å². The molecule has 8 rings (SSSR count). The molecule has 2 aromatic carbocycles. The molecule has 0 fully saturated rings. The highest BCUT2D eigenvalue weighted by Crippen LogP contribution is 2.56. The predicted molar refractivity (Wildman–Crippen MR) is 306 cm³/mol. The summed E-state index contributed by atoms with van der Waals surface area (Å²) < 4.78 is 0. The highest BCUT2D eigenvalue weighted by molar-refractivity contribution is 7.30. The number of unbranched alkanes of at least 4 members (excludes halogenated alkanes) is 12. The molecule has 1 aliphatic carbocycles. The first-order valence-corrected chi connectivity index (χ1v) is 30.7. The molecule has 356 valence electrons. The normalized spacial score (nSPS) is 13.4. The topological polar surface area (TPSA) is 0 Å². The number of aryl methyl sites for hydroxylation is 1. The van der Waals surface area contributed by atoms with Crippen LogP contribution in [0.2, 0.25) is 0 Å². The molecule has 1 atom stereocenters. The second kappa shape index (κ2) is 24.2. The first-order valence-electron chi connectivity index (χ1n) is 26.6. The van der Waals surface area contributed by atoms with E-state index in [-0.39, 0.29) is 5.41 Å². The van der Waals surface area contributed by atoms with E-state index in [0.29, 0.717) is 5.92 Å². The van der Waals surface area contributed by atoms with E-state index in [4.69, 9.17) is 0 Å². The number of rotatable bonds is 27. The smallest absolute Gasteiger partial charge is 0.0484 e. The summed E-state index contributed by atoms with van der Waals surface area (Å²) in [6.07, 6.45) is 27.0. The van der Waals surface area contributed by atoms with Gasteiger partial charge < -0.3 is 0 Å². The van der Waals surface area contributed by atoms with Crippen LogP contribution in [-0.2, 0) is 18.3 Å². The molecule has 67 heavy (non-hydrogen) atoms. The molecule has 1 aliphatic rings. The van der Waals surface area contributed by atoms with E-state index in [1.807, 2.05) is 45.3 Å². The molecule has 5 aromatic heterocycles. The first kappa shape index (κ1) is 50.3. The van der Waals surface area contributed by atoms with Crippen LogP contribution in [-0.4, -0.2) is 0 Å². The van der Waals surface area contributed by atoms with Gasteiger partial charge in [-0.3, -0.25) is 0 Å². The number of benzene rings is 2. The van der Waals surface area contributed by atoms with Gasteiger partial charge in [-0.2, -0.15) is 0 Å². The van der Waals surface area contributed by atoms with E-state index in [1.165, 1.54) is 201 Å². The van der Waals surface area contributed by atoms with Gasteiger partial charge >= 0.3 is 0 Å². The van der Waals surface area contributed by atoms with Gasteiger partial charge in [0.25, 0.3) is 0 Å². The fourth-order valence-corrected chi connectivity index (χ4v) is 16.8. The van der Waals surface area contributed by atoms with Crippen LogP contribution in [0.3, 0.4) is 0 Å². The van der Waals surface area contributed by atoms with Crippen molar-refractivity contribution in [3.05, 3.63) is 118 Å². The molecule has 0 saturated carbocycles. The van der Waals surface area contributed by atoms with Crippen LogP contribution in [0.5, 0.6) is 0 Å². The maximum atomic E-state index is 2.64. The van der Waals surface area contributed by atoms with Gasteiger partial charge in [-0.1, -0.05) is 167 Å². The third-order valence-electron chi connectivity index (χ3n) is 14.9. The van der Waals surface area contributed by atoms with Gasteiger partial charge in [0.15, 0.2) is 0 Å². The van der Waals surface area contributed by atoms with E-state index in [1.54, 1.807) is 27.1 Å². The van der Waals surface area contributed by atoms with Gasteiger partial charge in [-0.15, -0.1) is 56.7 Å². The molecule has 0 nitrogen and oxygen atoms in total. The van der Waals surface area contributed by atoms with Crippen molar-refractivity contribution in [1.29, 1.82) is 0 Å². The van der Waals surface area contributed by atoms with E-state index < -0.39 is 0 Å². The van der Waals surface area contributed by atoms with Gasteiger partial charge in [0, 0.05) is 54.2 Å². The van der Waals surface area contributed by atoms with Gasteiger partial charge in [-0.25, -0.2) is 0 Å². The second-order valence-corrected chi connectivity index (χ2v) is 25.2. The van der Waals surface area contributed by atoms with Crippen molar-refractivity contribution in [1.82, 2.24) is 0 Å². The average molecular weight is 984 g/mol. The van der Waals surface area contributed by atoms with Crippen molar-refractivity contribution < 1.29 is 0 Å². The molecule has 1 unspecified atom stereocenters. The summed E-state index contributed by atoms with van der Waals surface area (Å²) >= 11 is 10.1. The van der Waals surface area contributed by atoms with Crippen molar-refractivity contribution in [2.45, 2.75) is 195 Å². The summed E-state index contributed by atoms with van der Waals surface area (Å²) in [6, 6.07) is 34.2. The van der Waals surface area contributed by atoms with Crippen molar-refractivity contribution in [2.75, 3.05) is 0 Å². The maximum Gasteiger partial charge on any atom is 0.0484 e. The number of thiophene rings is 5. The quantitative estimate of drug-likeness (QED) is 0.0451. The summed E-state index contributed by atoms with van der Waals surface area (Å²) in [6.45, 7) is 16.3. The first-order chi connectivity index (χ1) is 32.8. The number of fused-ring (bicyclic) bond motifs is 3. The molecule has 0 aliphatic heterocycles. The van der Waals surface area contributed by atoms with E-state index in [0.717, 1.165) is 0 Å². The van der Waals surface area contributed by atoms with E-state index >= 15 is 0 Å². The molecule has 0 N–H and O–H groups in total. The highest BCUT2D eigenvalue weighted by Gasteiger charge is 2.42. The zero-order valence-corrected chi connectivity index (χ0v) is 46.1. The molecular weight excluding hydrogens is 905 g/mol. The van der Waals surface area contributed by atoms with Crippen molar-refractivity contribution in [3.63, 3.8) is 0 Å². The minimum Gasteiger partial charge on any atom is -0.139 e.